The minimum atomic E-state index is -0.718. The molecule has 0 spiro atoms. The number of nitrogens with one attached hydrogen (secondary N) is 1. The van der Waals surface area contributed by atoms with Crippen molar-refractivity contribution in [3.05, 3.63) is 94.5 Å². The number of Topliss-reactive ketones (excluding diaryl/α,β-unsaturated/α-hetero) is 1. The number of carbonyl (C=O) groups excluding carboxylic acids is 3. The standard InChI is InChI=1S/C31H34ClNO5/c1-3-4-5-6-9-20-37-25-18-14-24(15-19-25)31(36)38-26-16-12-23(13-17-26)21-29(22(2)34)33-30(35)27-10-7-8-11-28(27)32/h7-8,10-19,29H,3-6,9,20-21H2,1-2H3,(H,33,35)/t29-/m0/s1. The van der Waals surface area contributed by atoms with Crippen molar-refractivity contribution >= 4 is 29.3 Å². The molecule has 0 saturated carbocycles. The monoisotopic (exact) mass is 535 g/mol. The molecule has 38 heavy (non-hydrogen) atoms. The Hall–Kier alpha value is -3.64. The van der Waals surface area contributed by atoms with Gasteiger partial charge in [0.05, 0.1) is 28.8 Å². The molecule has 0 unspecified atom stereocenters. The zero-order chi connectivity index (χ0) is 27.3. The molecule has 1 atom stereocenters. The van der Waals surface area contributed by atoms with Crippen molar-refractivity contribution in [1.82, 2.24) is 5.32 Å². The Bertz CT molecular complexity index is 1210. The average molecular weight is 536 g/mol. The fourth-order valence-corrected chi connectivity index (χ4v) is 4.08. The van der Waals surface area contributed by atoms with Crippen LogP contribution in [0.3, 0.4) is 0 Å². The molecule has 7 heteroatoms. The number of amides is 1. The van der Waals surface area contributed by atoms with Crippen LogP contribution >= 0.6 is 11.6 Å². The number of hydrogen-bond donors (Lipinski definition) is 1. The van der Waals surface area contributed by atoms with Crippen molar-refractivity contribution < 1.29 is 23.9 Å². The number of hydrogen-bond acceptors (Lipinski definition) is 5. The van der Waals surface area contributed by atoms with Crippen molar-refractivity contribution in [2.45, 2.75) is 58.4 Å². The summed E-state index contributed by atoms with van der Waals surface area (Å²) in [6, 6.07) is 19.7. The molecular weight excluding hydrogens is 502 g/mol. The fraction of sp³-hybridized carbons (Fsp3) is 0.323. The molecule has 0 heterocycles. The third-order valence-electron chi connectivity index (χ3n) is 6.09. The van der Waals surface area contributed by atoms with Crippen LogP contribution in [0.1, 0.15) is 72.2 Å². The van der Waals surface area contributed by atoms with Crippen LogP contribution in [-0.4, -0.2) is 30.3 Å². The maximum Gasteiger partial charge on any atom is 0.343 e. The van der Waals surface area contributed by atoms with Crippen LogP contribution in [0, 0.1) is 0 Å². The third-order valence-corrected chi connectivity index (χ3v) is 6.42. The molecule has 0 radical (unpaired) electrons. The van der Waals surface area contributed by atoms with Gasteiger partial charge in [0.25, 0.3) is 5.91 Å². The van der Waals surface area contributed by atoms with Crippen molar-refractivity contribution in [1.29, 1.82) is 0 Å². The van der Waals surface area contributed by atoms with E-state index in [4.69, 9.17) is 21.1 Å². The summed E-state index contributed by atoms with van der Waals surface area (Å²) in [5.41, 5.74) is 1.54. The molecule has 0 aliphatic heterocycles. The normalized spacial score (nSPS) is 11.4. The van der Waals surface area contributed by atoms with E-state index in [0.29, 0.717) is 34.9 Å². The lowest BCUT2D eigenvalue weighted by molar-refractivity contribution is -0.118. The zero-order valence-electron chi connectivity index (χ0n) is 21.9. The largest absolute Gasteiger partial charge is 0.494 e. The van der Waals surface area contributed by atoms with Gasteiger partial charge in [-0.15, -0.1) is 0 Å². The second-order valence-electron chi connectivity index (χ2n) is 9.14. The smallest absolute Gasteiger partial charge is 0.343 e. The molecule has 200 valence electrons. The molecule has 1 amide bonds. The highest BCUT2D eigenvalue weighted by molar-refractivity contribution is 6.33. The quantitative estimate of drug-likeness (QED) is 0.139. The van der Waals surface area contributed by atoms with Gasteiger partial charge in [-0.3, -0.25) is 9.59 Å². The Morgan fingerprint density at radius 3 is 2.16 bits per heavy atom. The average Bonchev–Trinajstić information content (AvgIpc) is 2.91. The molecule has 6 nitrogen and oxygen atoms in total. The Kier molecular flexibility index (Phi) is 11.4. The Morgan fingerprint density at radius 2 is 1.50 bits per heavy atom. The molecule has 0 aliphatic carbocycles. The number of halogens is 1. The zero-order valence-corrected chi connectivity index (χ0v) is 22.6. The van der Waals surface area contributed by atoms with Crippen molar-refractivity contribution in [2.75, 3.05) is 6.61 Å². The molecular formula is C31H34ClNO5. The van der Waals surface area contributed by atoms with Crippen LogP contribution in [-0.2, 0) is 11.2 Å². The summed E-state index contributed by atoms with van der Waals surface area (Å²) in [7, 11) is 0. The molecule has 1 N–H and O–H groups in total. The second-order valence-corrected chi connectivity index (χ2v) is 9.55. The first kappa shape index (κ1) is 28.9. The van der Waals surface area contributed by atoms with Gasteiger partial charge in [0, 0.05) is 0 Å². The molecule has 0 fully saturated rings. The molecule has 0 aliphatic rings. The van der Waals surface area contributed by atoms with Crippen LogP contribution in [0.25, 0.3) is 0 Å². The molecule has 3 aromatic rings. The molecule has 0 aromatic heterocycles. The van der Waals surface area contributed by atoms with Gasteiger partial charge in [-0.25, -0.2) is 4.79 Å². The SMILES string of the molecule is CCCCCCCOc1ccc(C(=O)Oc2ccc(C[C@H](NC(=O)c3ccccc3Cl)C(C)=O)cc2)cc1. The highest BCUT2D eigenvalue weighted by Crippen LogP contribution is 2.19. The van der Waals surface area contributed by atoms with Gasteiger partial charge < -0.3 is 14.8 Å². The van der Waals surface area contributed by atoms with E-state index in [1.54, 1.807) is 72.8 Å². The number of rotatable bonds is 14. The lowest BCUT2D eigenvalue weighted by atomic mass is 10.0. The Labute approximate surface area is 229 Å². The summed E-state index contributed by atoms with van der Waals surface area (Å²) >= 11 is 6.10. The summed E-state index contributed by atoms with van der Waals surface area (Å²) in [5.74, 6) is 0.0423. The number of ketones is 1. The minimum absolute atomic E-state index is 0.176. The van der Waals surface area contributed by atoms with E-state index in [-0.39, 0.29) is 5.78 Å². The topological polar surface area (TPSA) is 81.7 Å². The van der Waals surface area contributed by atoms with E-state index in [1.165, 1.54) is 26.2 Å². The second kappa shape index (κ2) is 14.9. The Balaban J connectivity index is 1.51. The summed E-state index contributed by atoms with van der Waals surface area (Å²) in [5, 5.41) is 3.07. The van der Waals surface area contributed by atoms with Crippen molar-refractivity contribution in [2.24, 2.45) is 0 Å². The van der Waals surface area contributed by atoms with Crippen molar-refractivity contribution in [3.63, 3.8) is 0 Å². The first-order chi connectivity index (χ1) is 18.4. The van der Waals surface area contributed by atoms with Crippen molar-refractivity contribution in [3.8, 4) is 11.5 Å². The summed E-state index contributed by atoms with van der Waals surface area (Å²) in [4.78, 5) is 37.3. The highest BCUT2D eigenvalue weighted by atomic mass is 35.5. The van der Waals surface area contributed by atoms with Crippen LogP contribution in [0.5, 0.6) is 11.5 Å². The predicted molar refractivity (Wildman–Crippen MR) is 149 cm³/mol. The van der Waals surface area contributed by atoms with Gasteiger partial charge >= 0.3 is 5.97 Å². The summed E-state index contributed by atoms with van der Waals surface area (Å²) in [6.45, 7) is 4.28. The third kappa shape index (κ3) is 9.03. The van der Waals surface area contributed by atoms with E-state index in [2.05, 4.69) is 12.2 Å². The number of unbranched alkanes of at least 4 members (excludes halogenated alkanes) is 4. The molecule has 3 rings (SSSR count). The number of benzene rings is 3. The predicted octanol–water partition coefficient (Wildman–Crippen LogP) is 6.84. The van der Waals surface area contributed by atoms with Gasteiger partial charge in [-0.1, -0.05) is 68.5 Å². The van der Waals surface area contributed by atoms with Gasteiger partial charge in [0.2, 0.25) is 0 Å². The molecule has 0 saturated heterocycles. The maximum absolute atomic E-state index is 12.6. The Morgan fingerprint density at radius 1 is 0.842 bits per heavy atom. The van der Waals surface area contributed by atoms with E-state index in [1.807, 2.05) is 0 Å². The minimum Gasteiger partial charge on any atom is -0.494 e. The van der Waals surface area contributed by atoms with Crippen LogP contribution < -0.4 is 14.8 Å². The van der Waals surface area contributed by atoms with Gasteiger partial charge in [0.1, 0.15) is 11.5 Å². The lowest BCUT2D eigenvalue weighted by Crippen LogP contribution is -2.41. The van der Waals surface area contributed by atoms with Crippen LogP contribution in [0.15, 0.2) is 72.8 Å². The summed E-state index contributed by atoms with van der Waals surface area (Å²) in [6.07, 6.45) is 6.15. The molecule has 3 aromatic carbocycles. The van der Waals surface area contributed by atoms with E-state index in [0.717, 1.165) is 24.2 Å². The first-order valence-electron chi connectivity index (χ1n) is 13.0. The highest BCUT2D eigenvalue weighted by Gasteiger charge is 2.20. The van der Waals surface area contributed by atoms with E-state index < -0.39 is 17.9 Å². The van der Waals surface area contributed by atoms with Crippen LogP contribution in [0.2, 0.25) is 5.02 Å². The number of ether oxygens (including phenoxy) is 2. The van der Waals surface area contributed by atoms with E-state index >= 15 is 0 Å². The maximum atomic E-state index is 12.6. The van der Waals surface area contributed by atoms with E-state index in [9.17, 15) is 14.4 Å². The summed E-state index contributed by atoms with van der Waals surface area (Å²) < 4.78 is 11.2. The fourth-order valence-electron chi connectivity index (χ4n) is 3.86. The lowest BCUT2D eigenvalue weighted by Gasteiger charge is -2.17. The van der Waals surface area contributed by atoms with Gasteiger partial charge in [-0.05, 0) is 73.9 Å². The molecule has 0 bridgehead atoms. The van der Waals surface area contributed by atoms with Gasteiger partial charge in [0.15, 0.2) is 5.78 Å². The first-order valence-corrected chi connectivity index (χ1v) is 13.3. The number of carbonyl (C=O) groups is 3. The number of esters is 1. The van der Waals surface area contributed by atoms with Crippen LogP contribution in [0.4, 0.5) is 0 Å². The van der Waals surface area contributed by atoms with Gasteiger partial charge in [-0.2, -0.15) is 0 Å².